The smallest absolute Gasteiger partial charge is 0.143 e. The van der Waals surface area contributed by atoms with Gasteiger partial charge in [0.15, 0.2) is 0 Å². The Hall–Kier alpha value is -1.61. The number of para-hydroxylation sites is 1. The molecule has 2 N–H and O–H groups in total. The van der Waals surface area contributed by atoms with E-state index in [0.29, 0.717) is 6.61 Å². The van der Waals surface area contributed by atoms with Gasteiger partial charge in [0, 0.05) is 9.79 Å². The monoisotopic (exact) mass is 285 g/mol. The van der Waals surface area contributed by atoms with Crippen LogP contribution in [0.25, 0.3) is 0 Å². The highest BCUT2D eigenvalue weighted by molar-refractivity contribution is 7.99. The Morgan fingerprint density at radius 3 is 2.85 bits per heavy atom. The van der Waals surface area contributed by atoms with Crippen molar-refractivity contribution in [3.8, 4) is 5.75 Å². The van der Waals surface area contributed by atoms with Crippen molar-refractivity contribution in [2.24, 2.45) is 0 Å². The van der Waals surface area contributed by atoms with Crippen molar-refractivity contribution in [3.63, 3.8) is 0 Å². The number of hydrogen-bond acceptors (Lipinski definition) is 3. The number of aryl methyl sites for hydroxylation is 2. The highest BCUT2D eigenvalue weighted by Gasteiger charge is 2.12. The second kappa shape index (κ2) is 5.80. The van der Waals surface area contributed by atoms with Crippen molar-refractivity contribution in [1.29, 1.82) is 0 Å². The second-order valence-electron chi connectivity index (χ2n) is 4.99. The van der Waals surface area contributed by atoms with Crippen molar-refractivity contribution >= 4 is 17.4 Å². The number of benzene rings is 2. The van der Waals surface area contributed by atoms with Gasteiger partial charge in [-0.1, -0.05) is 23.9 Å². The third-order valence-corrected chi connectivity index (χ3v) is 4.69. The summed E-state index contributed by atoms with van der Waals surface area (Å²) in [6.07, 6.45) is 3.71. The molecule has 0 fully saturated rings. The first-order valence-electron chi connectivity index (χ1n) is 7.09. The van der Waals surface area contributed by atoms with Crippen LogP contribution < -0.4 is 10.5 Å². The topological polar surface area (TPSA) is 35.2 Å². The molecule has 0 aromatic heterocycles. The van der Waals surface area contributed by atoms with Crippen molar-refractivity contribution in [3.05, 3.63) is 47.5 Å². The van der Waals surface area contributed by atoms with Crippen LogP contribution in [0, 0.1) is 0 Å². The van der Waals surface area contributed by atoms with E-state index in [1.54, 1.807) is 11.8 Å². The summed E-state index contributed by atoms with van der Waals surface area (Å²) < 4.78 is 5.55. The van der Waals surface area contributed by atoms with Crippen LogP contribution in [-0.2, 0) is 12.8 Å². The van der Waals surface area contributed by atoms with Gasteiger partial charge in [-0.05, 0) is 61.6 Å². The summed E-state index contributed by atoms with van der Waals surface area (Å²) in [7, 11) is 0. The Bertz CT molecular complexity index is 624. The third-order valence-electron chi connectivity index (χ3n) is 3.62. The Morgan fingerprint density at radius 2 is 2.00 bits per heavy atom. The maximum Gasteiger partial charge on any atom is 0.143 e. The van der Waals surface area contributed by atoms with E-state index in [1.165, 1.54) is 35.3 Å². The molecule has 1 aliphatic carbocycles. The molecule has 1 aliphatic rings. The molecule has 20 heavy (non-hydrogen) atoms. The lowest BCUT2D eigenvalue weighted by Crippen LogP contribution is -1.98. The quantitative estimate of drug-likeness (QED) is 0.850. The normalized spacial score (nSPS) is 13.2. The van der Waals surface area contributed by atoms with E-state index in [-0.39, 0.29) is 0 Å². The molecule has 104 valence electrons. The van der Waals surface area contributed by atoms with Crippen LogP contribution in [0.5, 0.6) is 5.75 Å². The van der Waals surface area contributed by atoms with Crippen molar-refractivity contribution in [2.45, 2.75) is 36.0 Å². The first-order chi connectivity index (χ1) is 9.78. The molecule has 0 bridgehead atoms. The van der Waals surface area contributed by atoms with Crippen LogP contribution in [0.15, 0.2) is 46.2 Å². The lowest BCUT2D eigenvalue weighted by molar-refractivity contribution is 0.341. The zero-order chi connectivity index (χ0) is 13.9. The molecule has 2 nitrogen and oxygen atoms in total. The SMILES string of the molecule is CCOc1cccc(Sc2ccc3c(c2)CCC3)c1N. The van der Waals surface area contributed by atoms with Gasteiger partial charge < -0.3 is 10.5 Å². The molecule has 0 aliphatic heterocycles. The average Bonchev–Trinajstić information content (AvgIpc) is 2.91. The fraction of sp³-hybridized carbons (Fsp3) is 0.294. The molecular formula is C17H19NOS. The fourth-order valence-electron chi connectivity index (χ4n) is 2.63. The predicted molar refractivity (Wildman–Crippen MR) is 84.6 cm³/mol. The van der Waals surface area contributed by atoms with E-state index in [4.69, 9.17) is 10.5 Å². The second-order valence-corrected chi connectivity index (χ2v) is 6.10. The summed E-state index contributed by atoms with van der Waals surface area (Å²) in [6.45, 7) is 2.61. The van der Waals surface area contributed by atoms with Gasteiger partial charge in [-0.25, -0.2) is 0 Å². The molecule has 0 saturated carbocycles. The molecule has 0 heterocycles. The lowest BCUT2D eigenvalue weighted by atomic mass is 10.1. The molecule has 0 unspecified atom stereocenters. The first-order valence-corrected chi connectivity index (χ1v) is 7.90. The molecule has 0 amide bonds. The maximum absolute atomic E-state index is 6.18. The number of nitrogen functional groups attached to an aromatic ring is 1. The third kappa shape index (κ3) is 2.63. The molecular weight excluding hydrogens is 266 g/mol. The summed E-state index contributed by atoms with van der Waals surface area (Å²) in [5.74, 6) is 0.777. The van der Waals surface area contributed by atoms with E-state index in [0.717, 1.165) is 16.3 Å². The van der Waals surface area contributed by atoms with Gasteiger partial charge in [0.2, 0.25) is 0 Å². The Morgan fingerprint density at radius 1 is 1.15 bits per heavy atom. The summed E-state index contributed by atoms with van der Waals surface area (Å²) in [5.41, 5.74) is 9.92. The molecule has 3 heteroatoms. The van der Waals surface area contributed by atoms with E-state index in [2.05, 4.69) is 24.3 Å². The fourth-order valence-corrected chi connectivity index (χ4v) is 3.58. The van der Waals surface area contributed by atoms with Crippen LogP contribution >= 0.6 is 11.8 Å². The van der Waals surface area contributed by atoms with Crippen LogP contribution in [0.1, 0.15) is 24.5 Å². The summed E-state index contributed by atoms with van der Waals surface area (Å²) in [4.78, 5) is 2.32. The molecule has 0 atom stereocenters. The highest BCUT2D eigenvalue weighted by Crippen LogP contribution is 2.38. The highest BCUT2D eigenvalue weighted by atomic mass is 32.2. The zero-order valence-corrected chi connectivity index (χ0v) is 12.5. The van der Waals surface area contributed by atoms with Gasteiger partial charge >= 0.3 is 0 Å². The molecule has 2 aromatic carbocycles. The minimum atomic E-state index is 0.636. The molecule has 0 radical (unpaired) electrons. The number of hydrogen-bond donors (Lipinski definition) is 1. The van der Waals surface area contributed by atoms with Gasteiger partial charge in [0.25, 0.3) is 0 Å². The molecule has 0 saturated heterocycles. The van der Waals surface area contributed by atoms with Crippen LogP contribution in [0.4, 0.5) is 5.69 Å². The van der Waals surface area contributed by atoms with E-state index >= 15 is 0 Å². The van der Waals surface area contributed by atoms with E-state index in [1.807, 2.05) is 19.1 Å². The van der Waals surface area contributed by atoms with Crippen molar-refractivity contribution in [2.75, 3.05) is 12.3 Å². The number of nitrogens with two attached hydrogens (primary N) is 1. The lowest BCUT2D eigenvalue weighted by Gasteiger charge is -2.11. The first kappa shape index (κ1) is 13.4. The van der Waals surface area contributed by atoms with Crippen LogP contribution in [0.2, 0.25) is 0 Å². The van der Waals surface area contributed by atoms with Gasteiger partial charge in [0.1, 0.15) is 5.75 Å². The van der Waals surface area contributed by atoms with E-state index < -0.39 is 0 Å². The van der Waals surface area contributed by atoms with E-state index in [9.17, 15) is 0 Å². The Labute approximate surface area is 124 Å². The Kier molecular flexibility index (Phi) is 3.88. The zero-order valence-electron chi connectivity index (χ0n) is 11.7. The molecule has 0 spiro atoms. The van der Waals surface area contributed by atoms with Crippen LogP contribution in [-0.4, -0.2) is 6.61 Å². The largest absolute Gasteiger partial charge is 0.492 e. The minimum Gasteiger partial charge on any atom is -0.492 e. The van der Waals surface area contributed by atoms with Crippen molar-refractivity contribution < 1.29 is 4.74 Å². The van der Waals surface area contributed by atoms with Gasteiger partial charge in [-0.15, -0.1) is 0 Å². The number of fused-ring (bicyclic) bond motifs is 1. The number of rotatable bonds is 4. The number of anilines is 1. The summed E-state index contributed by atoms with van der Waals surface area (Å²) in [5, 5.41) is 0. The minimum absolute atomic E-state index is 0.636. The standard InChI is InChI=1S/C17H19NOS/c1-2-19-15-7-4-8-16(17(15)18)20-14-10-9-12-5-3-6-13(12)11-14/h4,7-11H,2-3,5-6,18H2,1H3. The predicted octanol–water partition coefficient (Wildman–Crippen LogP) is 4.31. The van der Waals surface area contributed by atoms with Gasteiger partial charge in [-0.3, -0.25) is 0 Å². The van der Waals surface area contributed by atoms with Gasteiger partial charge in [0.05, 0.1) is 12.3 Å². The molecule has 2 aromatic rings. The Balaban J connectivity index is 1.86. The molecule has 3 rings (SSSR count). The van der Waals surface area contributed by atoms with Crippen molar-refractivity contribution in [1.82, 2.24) is 0 Å². The summed E-state index contributed by atoms with van der Waals surface area (Å²) in [6, 6.07) is 12.7. The number of ether oxygens (including phenoxy) is 1. The average molecular weight is 285 g/mol. The van der Waals surface area contributed by atoms with Crippen LogP contribution in [0.3, 0.4) is 0 Å². The van der Waals surface area contributed by atoms with Gasteiger partial charge in [-0.2, -0.15) is 0 Å². The maximum atomic E-state index is 6.18. The summed E-state index contributed by atoms with van der Waals surface area (Å²) >= 11 is 1.72.